The van der Waals surface area contributed by atoms with Gasteiger partial charge in [-0.05, 0) is 82.9 Å². The summed E-state index contributed by atoms with van der Waals surface area (Å²) in [5.74, 6) is 0. The average Bonchev–Trinajstić information content (AvgIpc) is 3.83. The van der Waals surface area contributed by atoms with E-state index < -0.39 is 0 Å². The molecule has 3 heteroatoms. The lowest BCUT2D eigenvalue weighted by atomic mass is 10.00. The summed E-state index contributed by atoms with van der Waals surface area (Å²) in [4.78, 5) is 0. The number of nitrogens with zero attached hydrogens (tertiary/aromatic N) is 2. The number of thiophene rings is 1. The lowest BCUT2D eigenvalue weighted by Crippen LogP contribution is -1.96. The van der Waals surface area contributed by atoms with E-state index in [2.05, 4.69) is 191 Å². The van der Waals surface area contributed by atoms with Crippen molar-refractivity contribution >= 4 is 75.1 Å². The Morgan fingerprint density at radius 2 is 0.824 bits per heavy atom. The lowest BCUT2D eigenvalue weighted by molar-refractivity contribution is 1.17. The van der Waals surface area contributed by atoms with E-state index in [1.54, 1.807) is 0 Å². The molecule has 0 fully saturated rings. The van der Waals surface area contributed by atoms with Crippen LogP contribution < -0.4 is 0 Å². The van der Waals surface area contributed by atoms with Gasteiger partial charge in [0.15, 0.2) is 0 Å². The molecule has 0 N–H and O–H groups in total. The first-order valence-electron chi connectivity index (χ1n) is 17.4. The van der Waals surface area contributed by atoms with Gasteiger partial charge in [-0.2, -0.15) is 0 Å². The van der Waals surface area contributed by atoms with Crippen LogP contribution >= 0.6 is 11.3 Å². The van der Waals surface area contributed by atoms with Gasteiger partial charge in [0.25, 0.3) is 0 Å². The Balaban J connectivity index is 1.17. The summed E-state index contributed by atoms with van der Waals surface area (Å²) in [5, 5.41) is 7.72. The highest BCUT2D eigenvalue weighted by molar-refractivity contribution is 7.25. The largest absolute Gasteiger partial charge is 0.309 e. The lowest BCUT2D eigenvalue weighted by Gasteiger charge is -2.12. The highest BCUT2D eigenvalue weighted by Gasteiger charge is 2.20. The van der Waals surface area contributed by atoms with E-state index in [0.29, 0.717) is 0 Å². The molecule has 0 bridgehead atoms. The zero-order valence-electron chi connectivity index (χ0n) is 27.6. The first kappa shape index (κ1) is 28.4. The van der Waals surface area contributed by atoms with E-state index in [0.717, 1.165) is 5.69 Å². The molecule has 238 valence electrons. The van der Waals surface area contributed by atoms with Gasteiger partial charge in [-0.3, -0.25) is 0 Å². The van der Waals surface area contributed by atoms with Crippen LogP contribution in [0.3, 0.4) is 0 Å². The normalized spacial score (nSPS) is 11.9. The summed E-state index contributed by atoms with van der Waals surface area (Å²) < 4.78 is 7.57. The fraction of sp³-hybridized carbons (Fsp3) is 0. The van der Waals surface area contributed by atoms with Crippen molar-refractivity contribution in [3.05, 3.63) is 182 Å². The number of para-hydroxylation sites is 2. The Hall–Kier alpha value is -6.42. The van der Waals surface area contributed by atoms with Crippen LogP contribution in [0.2, 0.25) is 0 Å². The van der Waals surface area contributed by atoms with Crippen LogP contribution in [-0.4, -0.2) is 9.13 Å². The molecule has 0 amide bonds. The van der Waals surface area contributed by atoms with Gasteiger partial charge in [0.1, 0.15) is 0 Å². The Labute approximate surface area is 298 Å². The highest BCUT2D eigenvalue weighted by atomic mass is 32.1. The number of fused-ring (bicyclic) bond motifs is 9. The van der Waals surface area contributed by atoms with Crippen molar-refractivity contribution in [1.29, 1.82) is 0 Å². The quantitative estimate of drug-likeness (QED) is 0.177. The van der Waals surface area contributed by atoms with Crippen molar-refractivity contribution in [2.75, 3.05) is 0 Å². The fourth-order valence-electron chi connectivity index (χ4n) is 8.14. The zero-order chi connectivity index (χ0) is 33.5. The molecule has 0 aliphatic heterocycles. The smallest absolute Gasteiger partial charge is 0.0562 e. The van der Waals surface area contributed by atoms with Crippen LogP contribution in [0.4, 0.5) is 0 Å². The molecule has 0 aliphatic rings. The topological polar surface area (TPSA) is 9.86 Å². The second kappa shape index (κ2) is 11.0. The van der Waals surface area contributed by atoms with E-state index in [9.17, 15) is 0 Å². The maximum atomic E-state index is 2.46. The molecule has 11 rings (SSSR count). The fourth-order valence-corrected chi connectivity index (χ4v) is 9.27. The van der Waals surface area contributed by atoms with Crippen LogP contribution in [-0.2, 0) is 0 Å². The molecule has 0 radical (unpaired) electrons. The SMILES string of the molecule is c1ccc(-c2ccc(-c3cccc(-n4c5ccccc5c5cc6c7cc8sc9ccccc9c8cc7n(-c7ccccc7)c6cc54)c3)cc2)cc1. The summed E-state index contributed by atoms with van der Waals surface area (Å²) in [6.45, 7) is 0. The van der Waals surface area contributed by atoms with Crippen LogP contribution in [0.25, 0.3) is 97.4 Å². The summed E-state index contributed by atoms with van der Waals surface area (Å²) >= 11 is 1.88. The Morgan fingerprint density at radius 3 is 1.63 bits per heavy atom. The molecule has 0 spiro atoms. The van der Waals surface area contributed by atoms with Crippen molar-refractivity contribution in [2.45, 2.75) is 0 Å². The first-order valence-corrected chi connectivity index (χ1v) is 18.2. The number of hydrogen-bond acceptors (Lipinski definition) is 1. The standard InChI is InChI=1S/C48H30N2S/c1-3-12-31(13-4-1)32-22-24-33(25-23-32)34-14-11-17-36(26-34)50-43-20-9-7-18-37(43)39-27-40-41-29-48-42(38-19-8-10-21-47(38)51-48)28-44(41)49(46(40)30-45(39)50)35-15-5-2-6-16-35/h1-30H. The van der Waals surface area contributed by atoms with Crippen LogP contribution in [0.15, 0.2) is 182 Å². The summed E-state index contributed by atoms with van der Waals surface area (Å²) in [5.41, 5.74) is 12.0. The molecule has 3 heterocycles. The number of aromatic nitrogens is 2. The van der Waals surface area contributed by atoms with Crippen LogP contribution in [0.5, 0.6) is 0 Å². The predicted octanol–water partition coefficient (Wildman–Crippen LogP) is 13.6. The maximum absolute atomic E-state index is 2.46. The molecule has 51 heavy (non-hydrogen) atoms. The van der Waals surface area contributed by atoms with E-state index in [4.69, 9.17) is 0 Å². The molecule has 0 saturated heterocycles. The third kappa shape index (κ3) is 4.35. The van der Waals surface area contributed by atoms with Gasteiger partial charge >= 0.3 is 0 Å². The molecule has 0 aliphatic carbocycles. The van der Waals surface area contributed by atoms with Crippen LogP contribution in [0, 0.1) is 0 Å². The monoisotopic (exact) mass is 666 g/mol. The Bertz CT molecular complexity index is 3110. The van der Waals surface area contributed by atoms with E-state index >= 15 is 0 Å². The number of benzene rings is 8. The van der Waals surface area contributed by atoms with Crippen LogP contribution in [0.1, 0.15) is 0 Å². The van der Waals surface area contributed by atoms with Crippen molar-refractivity contribution in [3.8, 4) is 33.6 Å². The molecule has 0 unspecified atom stereocenters. The number of rotatable bonds is 4. The average molecular weight is 667 g/mol. The minimum atomic E-state index is 1.15. The molecule has 2 nitrogen and oxygen atoms in total. The van der Waals surface area contributed by atoms with Crippen molar-refractivity contribution in [2.24, 2.45) is 0 Å². The molecule has 3 aromatic heterocycles. The van der Waals surface area contributed by atoms with E-state index in [1.165, 1.54) is 91.7 Å². The highest BCUT2D eigenvalue weighted by Crippen LogP contribution is 2.43. The molecule has 11 aromatic rings. The van der Waals surface area contributed by atoms with Gasteiger partial charge < -0.3 is 9.13 Å². The third-order valence-electron chi connectivity index (χ3n) is 10.5. The minimum Gasteiger partial charge on any atom is -0.309 e. The Kier molecular flexibility index (Phi) is 6.16. The van der Waals surface area contributed by atoms with Crippen molar-refractivity contribution in [1.82, 2.24) is 9.13 Å². The molecule has 8 aromatic carbocycles. The predicted molar refractivity (Wildman–Crippen MR) is 219 cm³/mol. The summed E-state index contributed by atoms with van der Waals surface area (Å²) in [6, 6.07) is 66.6. The zero-order valence-corrected chi connectivity index (χ0v) is 28.4. The van der Waals surface area contributed by atoms with Crippen molar-refractivity contribution < 1.29 is 0 Å². The number of hydrogen-bond donors (Lipinski definition) is 0. The van der Waals surface area contributed by atoms with Gasteiger partial charge in [0, 0.05) is 53.1 Å². The van der Waals surface area contributed by atoms with Crippen molar-refractivity contribution in [3.63, 3.8) is 0 Å². The second-order valence-electron chi connectivity index (χ2n) is 13.4. The van der Waals surface area contributed by atoms with E-state index in [1.807, 2.05) is 11.3 Å². The summed E-state index contributed by atoms with van der Waals surface area (Å²) in [6.07, 6.45) is 0. The van der Waals surface area contributed by atoms with Gasteiger partial charge in [-0.15, -0.1) is 11.3 Å². The molecule has 0 atom stereocenters. The first-order chi connectivity index (χ1) is 25.3. The van der Waals surface area contributed by atoms with Gasteiger partial charge in [-0.25, -0.2) is 0 Å². The summed E-state index contributed by atoms with van der Waals surface area (Å²) in [7, 11) is 0. The second-order valence-corrected chi connectivity index (χ2v) is 14.5. The minimum absolute atomic E-state index is 1.15. The van der Waals surface area contributed by atoms with Gasteiger partial charge in [0.2, 0.25) is 0 Å². The third-order valence-corrected chi connectivity index (χ3v) is 11.6. The van der Waals surface area contributed by atoms with Gasteiger partial charge in [0.05, 0.1) is 22.1 Å². The molecular weight excluding hydrogens is 637 g/mol. The van der Waals surface area contributed by atoms with Gasteiger partial charge in [-0.1, -0.05) is 121 Å². The Morgan fingerprint density at radius 1 is 0.275 bits per heavy atom. The molecule has 0 saturated carbocycles. The van der Waals surface area contributed by atoms with E-state index in [-0.39, 0.29) is 0 Å². The maximum Gasteiger partial charge on any atom is 0.0562 e. The molecular formula is C48H30N2S.